The van der Waals surface area contributed by atoms with Crippen molar-refractivity contribution < 1.29 is 14.3 Å². The molecule has 2 heterocycles. The molecule has 0 amide bonds. The number of aryl methyl sites for hydroxylation is 1. The fourth-order valence-corrected chi connectivity index (χ4v) is 2.29. The van der Waals surface area contributed by atoms with Gasteiger partial charge in [0.1, 0.15) is 0 Å². The third-order valence-corrected chi connectivity index (χ3v) is 3.54. The summed E-state index contributed by atoms with van der Waals surface area (Å²) < 4.78 is 9.85. The monoisotopic (exact) mass is 294 g/mol. The molecule has 2 rings (SSSR count). The minimum Gasteiger partial charge on any atom is -0.481 e. The first-order valence-electron chi connectivity index (χ1n) is 7.06. The summed E-state index contributed by atoms with van der Waals surface area (Å²) in [6.45, 7) is 6.12. The first-order chi connectivity index (χ1) is 10.1. The number of piperazine rings is 1. The molecule has 7 nitrogen and oxygen atoms in total. The van der Waals surface area contributed by atoms with E-state index in [9.17, 15) is 4.79 Å². The van der Waals surface area contributed by atoms with Crippen LogP contribution in [0.4, 0.5) is 5.95 Å². The van der Waals surface area contributed by atoms with E-state index >= 15 is 0 Å². The zero-order valence-corrected chi connectivity index (χ0v) is 12.8. The lowest BCUT2D eigenvalue weighted by Gasteiger charge is -2.34. The maximum atomic E-state index is 11.2. The fraction of sp³-hybridized carbons (Fsp3) is 0.643. The molecule has 0 aromatic carbocycles. The summed E-state index contributed by atoms with van der Waals surface area (Å²) in [5.74, 6) is 1.13. The van der Waals surface area contributed by atoms with E-state index in [1.165, 1.54) is 7.11 Å². The Bertz CT molecular complexity index is 487. The Morgan fingerprint density at radius 2 is 1.95 bits per heavy atom. The summed E-state index contributed by atoms with van der Waals surface area (Å²) in [7, 11) is 3.03. The van der Waals surface area contributed by atoms with Gasteiger partial charge in [-0.25, -0.2) is 4.98 Å². The summed E-state index contributed by atoms with van der Waals surface area (Å²) in [6.07, 6.45) is 0.436. The van der Waals surface area contributed by atoms with Crippen LogP contribution in [0.15, 0.2) is 6.07 Å². The Morgan fingerprint density at radius 1 is 1.24 bits per heavy atom. The van der Waals surface area contributed by atoms with Gasteiger partial charge in [-0.05, 0) is 6.92 Å². The molecule has 1 aromatic heterocycles. The van der Waals surface area contributed by atoms with Crippen LogP contribution >= 0.6 is 0 Å². The van der Waals surface area contributed by atoms with E-state index in [-0.39, 0.29) is 5.97 Å². The number of carbonyl (C=O) groups excluding carboxylic acids is 1. The molecule has 0 spiro atoms. The zero-order chi connectivity index (χ0) is 15.2. The largest absolute Gasteiger partial charge is 0.481 e. The van der Waals surface area contributed by atoms with Gasteiger partial charge in [0.15, 0.2) is 0 Å². The first-order valence-corrected chi connectivity index (χ1v) is 7.06. The summed E-state index contributed by atoms with van der Waals surface area (Å²) in [6, 6.07) is 1.82. The van der Waals surface area contributed by atoms with Crippen LogP contribution < -0.4 is 9.64 Å². The Morgan fingerprint density at radius 3 is 2.57 bits per heavy atom. The van der Waals surface area contributed by atoms with Crippen LogP contribution in [0.1, 0.15) is 12.1 Å². The number of methoxy groups -OCH3 is 2. The average Bonchev–Trinajstić information content (AvgIpc) is 2.52. The second kappa shape index (κ2) is 7.21. The molecule has 0 aliphatic carbocycles. The van der Waals surface area contributed by atoms with Crippen LogP contribution in [0.3, 0.4) is 0 Å². The molecule has 0 bridgehead atoms. The summed E-state index contributed by atoms with van der Waals surface area (Å²) in [5.41, 5.74) is 0.893. The number of carbonyl (C=O) groups is 1. The van der Waals surface area contributed by atoms with Crippen molar-refractivity contribution in [3.05, 3.63) is 11.8 Å². The number of nitrogens with zero attached hydrogens (tertiary/aromatic N) is 4. The van der Waals surface area contributed by atoms with Gasteiger partial charge in [0, 0.05) is 44.5 Å². The minimum absolute atomic E-state index is 0.163. The minimum atomic E-state index is -0.163. The van der Waals surface area contributed by atoms with E-state index in [1.54, 1.807) is 7.11 Å². The third-order valence-electron chi connectivity index (χ3n) is 3.54. The number of ether oxygens (including phenoxy) is 2. The maximum absolute atomic E-state index is 11.2. The Hall–Kier alpha value is -1.89. The quantitative estimate of drug-likeness (QED) is 0.732. The van der Waals surface area contributed by atoms with Crippen molar-refractivity contribution in [2.75, 3.05) is 51.8 Å². The standard InChI is InChI=1S/C14H22N4O3/c1-11-10-12(20-2)16-14(15-11)18-8-6-17(7-9-18)5-4-13(19)21-3/h10H,4-9H2,1-3H3. The summed E-state index contributed by atoms with van der Waals surface area (Å²) >= 11 is 0. The Kier molecular flexibility index (Phi) is 5.32. The van der Waals surface area contributed by atoms with Gasteiger partial charge in [0.05, 0.1) is 20.6 Å². The average molecular weight is 294 g/mol. The number of hydrogen-bond donors (Lipinski definition) is 0. The molecular weight excluding hydrogens is 272 g/mol. The molecule has 1 saturated heterocycles. The van der Waals surface area contributed by atoms with Crippen LogP contribution in [-0.2, 0) is 9.53 Å². The maximum Gasteiger partial charge on any atom is 0.306 e. The van der Waals surface area contributed by atoms with Crippen LogP contribution in [-0.4, -0.2) is 67.8 Å². The molecule has 1 aromatic rings. The number of rotatable bonds is 5. The van der Waals surface area contributed by atoms with Crippen LogP contribution in [0.25, 0.3) is 0 Å². The second-order valence-electron chi connectivity index (χ2n) is 5.01. The van der Waals surface area contributed by atoms with Crippen LogP contribution in [0, 0.1) is 6.92 Å². The highest BCUT2D eigenvalue weighted by atomic mass is 16.5. The second-order valence-corrected chi connectivity index (χ2v) is 5.01. The lowest BCUT2D eigenvalue weighted by molar-refractivity contribution is -0.141. The number of esters is 1. The topological polar surface area (TPSA) is 67.8 Å². The van der Waals surface area contributed by atoms with Crippen molar-refractivity contribution in [1.29, 1.82) is 0 Å². The van der Waals surface area contributed by atoms with Gasteiger partial charge in [-0.2, -0.15) is 4.98 Å². The van der Waals surface area contributed by atoms with Gasteiger partial charge < -0.3 is 14.4 Å². The predicted octanol–water partition coefficient (Wildman–Crippen LogP) is 0.479. The number of aromatic nitrogens is 2. The van der Waals surface area contributed by atoms with Gasteiger partial charge >= 0.3 is 5.97 Å². The molecule has 116 valence electrons. The van der Waals surface area contributed by atoms with Crippen molar-refractivity contribution in [3.63, 3.8) is 0 Å². The normalized spacial score (nSPS) is 15.9. The van der Waals surface area contributed by atoms with Crippen molar-refractivity contribution in [2.45, 2.75) is 13.3 Å². The van der Waals surface area contributed by atoms with E-state index in [0.29, 0.717) is 18.2 Å². The van der Waals surface area contributed by atoms with Crippen LogP contribution in [0.5, 0.6) is 5.88 Å². The molecule has 0 radical (unpaired) electrons. The molecule has 1 aliphatic rings. The molecule has 7 heteroatoms. The first kappa shape index (κ1) is 15.5. The summed E-state index contributed by atoms with van der Waals surface area (Å²) in [4.78, 5) is 24.4. The number of anilines is 1. The van der Waals surface area contributed by atoms with E-state index in [4.69, 9.17) is 4.74 Å². The molecule has 0 unspecified atom stereocenters. The molecular formula is C14H22N4O3. The van der Waals surface area contributed by atoms with Gasteiger partial charge in [-0.3, -0.25) is 9.69 Å². The third kappa shape index (κ3) is 4.29. The highest BCUT2D eigenvalue weighted by Gasteiger charge is 2.20. The molecule has 0 N–H and O–H groups in total. The highest BCUT2D eigenvalue weighted by molar-refractivity contribution is 5.69. The van der Waals surface area contributed by atoms with E-state index in [2.05, 4.69) is 24.5 Å². The SMILES string of the molecule is COC(=O)CCN1CCN(c2nc(C)cc(OC)n2)CC1. The van der Waals surface area contributed by atoms with Crippen molar-refractivity contribution >= 4 is 11.9 Å². The summed E-state index contributed by atoms with van der Waals surface area (Å²) in [5, 5.41) is 0. The molecule has 0 atom stereocenters. The van der Waals surface area contributed by atoms with E-state index < -0.39 is 0 Å². The highest BCUT2D eigenvalue weighted by Crippen LogP contribution is 2.16. The van der Waals surface area contributed by atoms with Gasteiger partial charge in [0.25, 0.3) is 0 Å². The predicted molar refractivity (Wildman–Crippen MR) is 78.6 cm³/mol. The Labute approximate surface area is 124 Å². The van der Waals surface area contributed by atoms with Gasteiger partial charge in [0.2, 0.25) is 11.8 Å². The lowest BCUT2D eigenvalue weighted by Crippen LogP contribution is -2.47. The van der Waals surface area contributed by atoms with Crippen molar-refractivity contribution in [3.8, 4) is 5.88 Å². The lowest BCUT2D eigenvalue weighted by atomic mass is 10.3. The fourth-order valence-electron chi connectivity index (χ4n) is 2.29. The molecule has 21 heavy (non-hydrogen) atoms. The van der Waals surface area contributed by atoms with Gasteiger partial charge in [-0.15, -0.1) is 0 Å². The molecule has 0 saturated carbocycles. The zero-order valence-electron chi connectivity index (χ0n) is 12.8. The number of hydrogen-bond acceptors (Lipinski definition) is 7. The van der Waals surface area contributed by atoms with E-state index in [0.717, 1.165) is 38.4 Å². The Balaban J connectivity index is 1.89. The molecule has 1 fully saturated rings. The van der Waals surface area contributed by atoms with Crippen molar-refractivity contribution in [2.24, 2.45) is 0 Å². The molecule has 1 aliphatic heterocycles. The van der Waals surface area contributed by atoms with E-state index in [1.807, 2.05) is 13.0 Å². The van der Waals surface area contributed by atoms with Crippen molar-refractivity contribution in [1.82, 2.24) is 14.9 Å². The van der Waals surface area contributed by atoms with Gasteiger partial charge in [-0.1, -0.05) is 0 Å². The van der Waals surface area contributed by atoms with Crippen LogP contribution in [0.2, 0.25) is 0 Å². The smallest absolute Gasteiger partial charge is 0.306 e.